The monoisotopic (exact) mass is 424 g/mol. The first kappa shape index (κ1) is 18.7. The highest BCUT2D eigenvalue weighted by atomic mass is 79.9. The van der Waals surface area contributed by atoms with Gasteiger partial charge in [-0.1, -0.05) is 22.0 Å². The predicted octanol–water partition coefficient (Wildman–Crippen LogP) is 3.56. The highest BCUT2D eigenvalue weighted by Crippen LogP contribution is 2.33. The molecule has 2 aromatic rings. The number of alkyl halides is 3. The number of halogens is 4. The number of ether oxygens (including phenoxy) is 1. The fraction of sp³-hybridized carbons (Fsp3) is 0.214. The third-order valence-corrected chi connectivity index (χ3v) is 5.28. The van der Waals surface area contributed by atoms with Crippen LogP contribution in [0.4, 0.5) is 13.2 Å². The smallest absolute Gasteiger partial charge is 0.404 e. The molecular formula is C14H12BrF3N2O3S. The first-order chi connectivity index (χ1) is 11.1. The molecule has 0 unspecified atom stereocenters. The van der Waals surface area contributed by atoms with E-state index in [9.17, 15) is 21.6 Å². The lowest BCUT2D eigenvalue weighted by Crippen LogP contribution is -2.28. The van der Waals surface area contributed by atoms with Crippen LogP contribution in [0.2, 0.25) is 0 Å². The number of rotatable bonds is 5. The summed E-state index contributed by atoms with van der Waals surface area (Å²) in [6.45, 7) is -0.0440. The number of hydrogen-bond donors (Lipinski definition) is 0. The lowest BCUT2D eigenvalue weighted by molar-refractivity contribution is -0.275. The standard InChI is InChI=1S/C14H12BrF3N2O3S/c1-20(9-10-3-2-6-19-8-10)24(21,22)13-5-4-11(15)7-12(13)23-14(16,17)18/h2-8H,9H2,1H3. The summed E-state index contributed by atoms with van der Waals surface area (Å²) in [7, 11) is -2.93. The second-order valence-electron chi connectivity index (χ2n) is 4.76. The number of pyridine rings is 1. The molecule has 10 heteroatoms. The fourth-order valence-corrected chi connectivity index (χ4v) is 3.49. The van der Waals surface area contributed by atoms with Crippen molar-refractivity contribution in [3.63, 3.8) is 0 Å². The largest absolute Gasteiger partial charge is 0.573 e. The summed E-state index contributed by atoms with van der Waals surface area (Å²) >= 11 is 3.00. The number of hydrogen-bond acceptors (Lipinski definition) is 4. The Hall–Kier alpha value is -1.65. The van der Waals surface area contributed by atoms with Crippen molar-refractivity contribution in [3.8, 4) is 5.75 Å². The Bertz CT molecular complexity index is 814. The second-order valence-corrected chi connectivity index (χ2v) is 7.69. The van der Waals surface area contributed by atoms with Gasteiger partial charge < -0.3 is 4.74 Å². The maximum Gasteiger partial charge on any atom is 0.573 e. The molecule has 0 radical (unpaired) electrons. The van der Waals surface area contributed by atoms with E-state index < -0.39 is 27.0 Å². The molecule has 0 aliphatic heterocycles. The van der Waals surface area contributed by atoms with E-state index in [4.69, 9.17) is 0 Å². The van der Waals surface area contributed by atoms with Gasteiger partial charge in [-0.2, -0.15) is 4.31 Å². The summed E-state index contributed by atoms with van der Waals surface area (Å²) in [6.07, 6.45) is -2.00. The van der Waals surface area contributed by atoms with Crippen molar-refractivity contribution in [1.29, 1.82) is 0 Å². The maximum absolute atomic E-state index is 12.6. The average Bonchev–Trinajstić information content (AvgIpc) is 2.46. The Kier molecular flexibility index (Phi) is 5.51. The molecule has 0 spiro atoms. The summed E-state index contributed by atoms with van der Waals surface area (Å²) < 4.78 is 67.8. The molecular weight excluding hydrogens is 413 g/mol. The van der Waals surface area contributed by atoms with Gasteiger partial charge in [0.1, 0.15) is 4.90 Å². The van der Waals surface area contributed by atoms with Crippen LogP contribution in [0.25, 0.3) is 0 Å². The molecule has 130 valence electrons. The van der Waals surface area contributed by atoms with Gasteiger partial charge in [-0.3, -0.25) is 4.98 Å². The van der Waals surface area contributed by atoms with Crippen LogP contribution >= 0.6 is 15.9 Å². The molecule has 1 aromatic carbocycles. The summed E-state index contributed by atoms with van der Waals surface area (Å²) in [4.78, 5) is 3.29. The Morgan fingerprint density at radius 2 is 2.00 bits per heavy atom. The van der Waals surface area contributed by atoms with Crippen LogP contribution in [0.3, 0.4) is 0 Å². The normalized spacial score (nSPS) is 12.4. The zero-order valence-corrected chi connectivity index (χ0v) is 14.7. The predicted molar refractivity (Wildman–Crippen MR) is 83.7 cm³/mol. The Labute approximate surface area is 145 Å². The van der Waals surface area contributed by atoms with Crippen molar-refractivity contribution < 1.29 is 26.3 Å². The van der Waals surface area contributed by atoms with Gasteiger partial charge in [-0.15, -0.1) is 13.2 Å². The minimum atomic E-state index is -5.01. The highest BCUT2D eigenvalue weighted by Gasteiger charge is 2.35. The van der Waals surface area contributed by atoms with E-state index >= 15 is 0 Å². The zero-order chi connectivity index (χ0) is 18.0. The lowest BCUT2D eigenvalue weighted by Gasteiger charge is -2.20. The number of nitrogens with zero attached hydrogens (tertiary/aromatic N) is 2. The summed E-state index contributed by atoms with van der Waals surface area (Å²) in [6, 6.07) is 6.63. The zero-order valence-electron chi connectivity index (χ0n) is 12.3. The highest BCUT2D eigenvalue weighted by molar-refractivity contribution is 9.10. The van der Waals surface area contributed by atoms with E-state index in [1.54, 1.807) is 12.1 Å². The lowest BCUT2D eigenvalue weighted by atomic mass is 10.3. The fourth-order valence-electron chi connectivity index (χ4n) is 1.90. The first-order valence-electron chi connectivity index (χ1n) is 6.50. The Morgan fingerprint density at radius 1 is 1.29 bits per heavy atom. The first-order valence-corrected chi connectivity index (χ1v) is 8.73. The maximum atomic E-state index is 12.6. The van der Waals surface area contributed by atoms with Gasteiger partial charge in [0.05, 0.1) is 0 Å². The van der Waals surface area contributed by atoms with Crippen molar-refractivity contribution in [2.45, 2.75) is 17.8 Å². The van der Waals surface area contributed by atoms with Crippen molar-refractivity contribution in [2.75, 3.05) is 7.05 Å². The third-order valence-electron chi connectivity index (χ3n) is 2.95. The van der Waals surface area contributed by atoms with Crippen molar-refractivity contribution in [2.24, 2.45) is 0 Å². The minimum Gasteiger partial charge on any atom is -0.404 e. The summed E-state index contributed by atoms with van der Waals surface area (Å²) in [5.74, 6) is -0.796. The molecule has 1 heterocycles. The third kappa shape index (κ3) is 4.68. The van der Waals surface area contributed by atoms with Crippen LogP contribution in [-0.4, -0.2) is 31.1 Å². The molecule has 5 nitrogen and oxygen atoms in total. The number of benzene rings is 1. The molecule has 2 rings (SSSR count). The van der Waals surface area contributed by atoms with E-state index in [0.717, 1.165) is 16.4 Å². The van der Waals surface area contributed by atoms with Crippen molar-refractivity contribution >= 4 is 26.0 Å². The van der Waals surface area contributed by atoms with Crippen LogP contribution in [0.15, 0.2) is 52.1 Å². The van der Waals surface area contributed by atoms with Gasteiger partial charge in [-0.25, -0.2) is 8.42 Å². The summed E-state index contributed by atoms with van der Waals surface area (Å²) in [5.41, 5.74) is 0.596. The molecule has 0 saturated carbocycles. The topological polar surface area (TPSA) is 59.5 Å². The molecule has 0 atom stereocenters. The van der Waals surface area contributed by atoms with E-state index in [1.165, 1.54) is 25.5 Å². The van der Waals surface area contributed by atoms with Crippen LogP contribution in [-0.2, 0) is 16.6 Å². The van der Waals surface area contributed by atoms with E-state index in [2.05, 4.69) is 25.7 Å². The molecule has 0 bridgehead atoms. The Balaban J connectivity index is 2.38. The quantitative estimate of drug-likeness (QED) is 0.735. The van der Waals surface area contributed by atoms with Gasteiger partial charge >= 0.3 is 6.36 Å². The minimum absolute atomic E-state index is 0.0440. The van der Waals surface area contributed by atoms with E-state index in [-0.39, 0.29) is 11.0 Å². The van der Waals surface area contributed by atoms with Crippen LogP contribution < -0.4 is 4.74 Å². The number of aromatic nitrogens is 1. The van der Waals surface area contributed by atoms with Gasteiger partial charge in [0, 0.05) is 30.5 Å². The second kappa shape index (κ2) is 7.08. The van der Waals surface area contributed by atoms with E-state index in [1.807, 2.05) is 0 Å². The Morgan fingerprint density at radius 3 is 2.58 bits per heavy atom. The van der Waals surface area contributed by atoms with Crippen molar-refractivity contribution in [3.05, 3.63) is 52.8 Å². The molecule has 0 saturated heterocycles. The number of sulfonamides is 1. The van der Waals surface area contributed by atoms with Crippen molar-refractivity contribution in [1.82, 2.24) is 9.29 Å². The van der Waals surface area contributed by atoms with Gasteiger partial charge in [0.15, 0.2) is 5.75 Å². The molecule has 24 heavy (non-hydrogen) atoms. The van der Waals surface area contributed by atoms with Crippen LogP contribution in [0, 0.1) is 0 Å². The molecule has 1 aromatic heterocycles. The molecule has 0 amide bonds. The molecule has 0 fully saturated rings. The summed E-state index contributed by atoms with van der Waals surface area (Å²) in [5, 5.41) is 0. The van der Waals surface area contributed by atoms with Gasteiger partial charge in [0.25, 0.3) is 0 Å². The van der Waals surface area contributed by atoms with Gasteiger partial charge in [0.2, 0.25) is 10.0 Å². The van der Waals surface area contributed by atoms with E-state index in [0.29, 0.717) is 5.56 Å². The molecule has 0 aliphatic rings. The molecule has 0 N–H and O–H groups in total. The average molecular weight is 425 g/mol. The van der Waals surface area contributed by atoms with Gasteiger partial charge in [-0.05, 0) is 29.8 Å². The molecule has 0 aliphatic carbocycles. The van der Waals surface area contributed by atoms with Crippen LogP contribution in [0.5, 0.6) is 5.75 Å². The van der Waals surface area contributed by atoms with Crippen LogP contribution in [0.1, 0.15) is 5.56 Å². The SMILES string of the molecule is CN(Cc1cccnc1)S(=O)(=O)c1ccc(Br)cc1OC(F)(F)F.